The molecule has 1 saturated carbocycles. The van der Waals surface area contributed by atoms with Crippen LogP contribution in [-0.2, 0) is 4.79 Å². The number of hydrogen-bond donors (Lipinski definition) is 0. The van der Waals surface area contributed by atoms with E-state index in [2.05, 4.69) is 25.8 Å². The van der Waals surface area contributed by atoms with Gasteiger partial charge in [-0.1, -0.05) is 39.5 Å². The monoisotopic (exact) mass is 239 g/mol. The van der Waals surface area contributed by atoms with Crippen molar-refractivity contribution in [3.05, 3.63) is 0 Å². The first-order valence-corrected chi connectivity index (χ1v) is 7.34. The normalized spacial score (nSPS) is 20.5. The summed E-state index contributed by atoms with van der Waals surface area (Å²) in [6.07, 6.45) is 10.9. The average molecular weight is 239 g/mol. The lowest BCUT2D eigenvalue weighted by molar-refractivity contribution is -0.118. The minimum Gasteiger partial charge on any atom is -0.303 e. The van der Waals surface area contributed by atoms with E-state index in [0.717, 1.165) is 19.4 Å². The second kappa shape index (κ2) is 7.15. The van der Waals surface area contributed by atoms with E-state index in [0.29, 0.717) is 6.04 Å². The van der Waals surface area contributed by atoms with Crippen LogP contribution in [0.25, 0.3) is 0 Å². The standard InChI is InChI=1S/C15H29NO/c1-4-14(5-2)16(3)12-15(13-17)10-8-6-7-9-11-15/h13-14H,4-12H2,1-3H3. The van der Waals surface area contributed by atoms with Gasteiger partial charge in [0.05, 0.1) is 0 Å². The van der Waals surface area contributed by atoms with E-state index < -0.39 is 0 Å². The highest BCUT2D eigenvalue weighted by molar-refractivity contribution is 5.59. The number of nitrogens with zero attached hydrogens (tertiary/aromatic N) is 1. The van der Waals surface area contributed by atoms with Crippen LogP contribution >= 0.6 is 0 Å². The van der Waals surface area contributed by atoms with E-state index in [-0.39, 0.29) is 5.41 Å². The molecular formula is C15H29NO. The van der Waals surface area contributed by atoms with Crippen molar-refractivity contribution in [2.75, 3.05) is 13.6 Å². The van der Waals surface area contributed by atoms with Gasteiger partial charge in [-0.3, -0.25) is 0 Å². The molecule has 0 radical (unpaired) electrons. The van der Waals surface area contributed by atoms with E-state index in [1.807, 2.05) is 0 Å². The first-order chi connectivity index (χ1) is 8.17. The average Bonchev–Trinajstić information content (AvgIpc) is 2.57. The van der Waals surface area contributed by atoms with Crippen molar-refractivity contribution in [3.63, 3.8) is 0 Å². The summed E-state index contributed by atoms with van der Waals surface area (Å²) in [5, 5.41) is 0. The summed E-state index contributed by atoms with van der Waals surface area (Å²) in [5.41, 5.74) is -0.0478. The van der Waals surface area contributed by atoms with E-state index >= 15 is 0 Å². The molecule has 0 spiro atoms. The van der Waals surface area contributed by atoms with Crippen molar-refractivity contribution in [1.29, 1.82) is 0 Å². The minimum absolute atomic E-state index is 0.0478. The minimum atomic E-state index is -0.0478. The molecule has 1 fully saturated rings. The highest BCUT2D eigenvalue weighted by Gasteiger charge is 2.32. The van der Waals surface area contributed by atoms with Gasteiger partial charge in [0.2, 0.25) is 0 Å². The maximum Gasteiger partial charge on any atom is 0.127 e. The fourth-order valence-corrected chi connectivity index (χ4v) is 3.28. The Hall–Kier alpha value is -0.370. The van der Waals surface area contributed by atoms with Gasteiger partial charge in [-0.2, -0.15) is 0 Å². The molecule has 1 rings (SSSR count). The van der Waals surface area contributed by atoms with Gasteiger partial charge in [0.15, 0.2) is 0 Å². The molecule has 100 valence electrons. The van der Waals surface area contributed by atoms with Gasteiger partial charge < -0.3 is 9.69 Å². The summed E-state index contributed by atoms with van der Waals surface area (Å²) in [6.45, 7) is 5.44. The number of hydrogen-bond acceptors (Lipinski definition) is 2. The fraction of sp³-hybridized carbons (Fsp3) is 0.933. The van der Waals surface area contributed by atoms with Gasteiger partial charge in [0.1, 0.15) is 6.29 Å². The van der Waals surface area contributed by atoms with Crippen LogP contribution in [0, 0.1) is 5.41 Å². The zero-order chi connectivity index (χ0) is 12.7. The van der Waals surface area contributed by atoms with E-state index in [1.165, 1.54) is 44.8 Å². The zero-order valence-electron chi connectivity index (χ0n) is 11.9. The van der Waals surface area contributed by atoms with Crippen LogP contribution < -0.4 is 0 Å². The van der Waals surface area contributed by atoms with Crippen LogP contribution in [-0.4, -0.2) is 30.8 Å². The van der Waals surface area contributed by atoms with Gasteiger partial charge in [-0.15, -0.1) is 0 Å². The predicted octanol–water partition coefficient (Wildman–Crippen LogP) is 3.65. The van der Waals surface area contributed by atoms with Gasteiger partial charge in [-0.05, 0) is 32.7 Å². The lowest BCUT2D eigenvalue weighted by Gasteiger charge is -2.35. The lowest BCUT2D eigenvalue weighted by Crippen LogP contribution is -2.41. The van der Waals surface area contributed by atoms with Crippen molar-refractivity contribution >= 4 is 6.29 Å². The second-order valence-electron chi connectivity index (χ2n) is 5.78. The summed E-state index contributed by atoms with van der Waals surface area (Å²) < 4.78 is 0. The van der Waals surface area contributed by atoms with Crippen molar-refractivity contribution in [2.24, 2.45) is 5.41 Å². The molecule has 0 saturated heterocycles. The van der Waals surface area contributed by atoms with Crippen LogP contribution in [0.15, 0.2) is 0 Å². The van der Waals surface area contributed by atoms with Gasteiger partial charge in [0, 0.05) is 18.0 Å². The van der Waals surface area contributed by atoms with E-state index in [1.54, 1.807) is 0 Å². The Kier molecular flexibility index (Phi) is 6.18. The number of carbonyl (C=O) groups is 1. The third-order valence-corrected chi connectivity index (χ3v) is 4.48. The Morgan fingerprint density at radius 2 is 1.65 bits per heavy atom. The molecule has 1 aliphatic rings. The molecule has 0 N–H and O–H groups in total. The third kappa shape index (κ3) is 4.09. The molecule has 0 atom stereocenters. The quantitative estimate of drug-likeness (QED) is 0.521. The second-order valence-corrected chi connectivity index (χ2v) is 5.78. The number of rotatable bonds is 6. The van der Waals surface area contributed by atoms with Gasteiger partial charge >= 0.3 is 0 Å². The molecule has 2 heteroatoms. The SMILES string of the molecule is CCC(CC)N(C)CC1(C=O)CCCCCC1. The van der Waals surface area contributed by atoms with Gasteiger partial charge in [0.25, 0.3) is 0 Å². The third-order valence-electron chi connectivity index (χ3n) is 4.48. The maximum atomic E-state index is 11.5. The van der Waals surface area contributed by atoms with Gasteiger partial charge in [-0.25, -0.2) is 0 Å². The molecular weight excluding hydrogens is 210 g/mol. The van der Waals surface area contributed by atoms with E-state index in [9.17, 15) is 4.79 Å². The first kappa shape index (κ1) is 14.7. The zero-order valence-corrected chi connectivity index (χ0v) is 11.9. The smallest absolute Gasteiger partial charge is 0.127 e. The number of aldehydes is 1. The molecule has 0 aromatic heterocycles. The summed E-state index contributed by atoms with van der Waals surface area (Å²) in [4.78, 5) is 14.0. The summed E-state index contributed by atoms with van der Waals surface area (Å²) in [5.74, 6) is 0. The topological polar surface area (TPSA) is 20.3 Å². The Balaban J connectivity index is 2.63. The number of carbonyl (C=O) groups excluding carboxylic acids is 1. The highest BCUT2D eigenvalue weighted by atomic mass is 16.1. The van der Waals surface area contributed by atoms with Crippen molar-refractivity contribution in [2.45, 2.75) is 71.3 Å². The lowest BCUT2D eigenvalue weighted by atomic mass is 9.81. The molecule has 2 nitrogen and oxygen atoms in total. The largest absolute Gasteiger partial charge is 0.303 e. The van der Waals surface area contributed by atoms with Crippen LogP contribution in [0.2, 0.25) is 0 Å². The van der Waals surface area contributed by atoms with Crippen LogP contribution in [0.4, 0.5) is 0 Å². The molecule has 1 aliphatic carbocycles. The highest BCUT2D eigenvalue weighted by Crippen LogP contribution is 2.34. The van der Waals surface area contributed by atoms with Crippen molar-refractivity contribution < 1.29 is 4.79 Å². The summed E-state index contributed by atoms with van der Waals surface area (Å²) >= 11 is 0. The molecule has 0 aromatic carbocycles. The Morgan fingerprint density at radius 1 is 1.12 bits per heavy atom. The molecule has 0 bridgehead atoms. The van der Waals surface area contributed by atoms with Crippen LogP contribution in [0.5, 0.6) is 0 Å². The summed E-state index contributed by atoms with van der Waals surface area (Å²) in [7, 11) is 2.19. The molecule has 0 unspecified atom stereocenters. The van der Waals surface area contributed by atoms with Crippen LogP contribution in [0.1, 0.15) is 65.2 Å². The fourth-order valence-electron chi connectivity index (χ4n) is 3.28. The molecule has 0 heterocycles. The first-order valence-electron chi connectivity index (χ1n) is 7.34. The Bertz CT molecular complexity index is 215. The molecule has 0 amide bonds. The predicted molar refractivity (Wildman–Crippen MR) is 73.2 cm³/mol. The summed E-state index contributed by atoms with van der Waals surface area (Å²) in [6, 6.07) is 0.634. The molecule has 0 aliphatic heterocycles. The van der Waals surface area contributed by atoms with Crippen molar-refractivity contribution in [1.82, 2.24) is 4.90 Å². The van der Waals surface area contributed by atoms with Crippen molar-refractivity contribution in [3.8, 4) is 0 Å². The molecule has 0 aromatic rings. The van der Waals surface area contributed by atoms with Crippen LogP contribution in [0.3, 0.4) is 0 Å². The maximum absolute atomic E-state index is 11.5. The molecule has 17 heavy (non-hydrogen) atoms. The van der Waals surface area contributed by atoms with E-state index in [4.69, 9.17) is 0 Å². The Morgan fingerprint density at radius 3 is 2.06 bits per heavy atom. The Labute approximate surface area is 107 Å².